The minimum absolute atomic E-state index is 0.114. The fourth-order valence-electron chi connectivity index (χ4n) is 0.677. The maximum absolute atomic E-state index is 9.40. The van der Waals surface area contributed by atoms with Gasteiger partial charge in [-0.05, 0) is 18.8 Å². The Kier molecular flexibility index (Phi) is 3.33. The third-order valence-corrected chi connectivity index (χ3v) is 1.56. The summed E-state index contributed by atoms with van der Waals surface area (Å²) < 4.78 is 0. The van der Waals surface area contributed by atoms with Crippen LogP contribution >= 0.6 is 0 Å². The van der Waals surface area contributed by atoms with Crippen LogP contribution in [0, 0.1) is 5.41 Å². The van der Waals surface area contributed by atoms with Crippen molar-refractivity contribution in [3.05, 3.63) is 0 Å². The van der Waals surface area contributed by atoms with Crippen molar-refractivity contribution < 1.29 is 10.2 Å². The second-order valence-electron chi connectivity index (χ2n) is 3.97. The van der Waals surface area contributed by atoms with Gasteiger partial charge in [0, 0.05) is 0 Å². The molecule has 2 heteroatoms. The van der Waals surface area contributed by atoms with Crippen molar-refractivity contribution in [1.29, 1.82) is 0 Å². The Morgan fingerprint density at radius 2 is 1.60 bits per heavy atom. The normalized spacial score (nSPS) is 18.6. The molecule has 0 aromatic rings. The van der Waals surface area contributed by atoms with Gasteiger partial charge in [-0.2, -0.15) is 0 Å². The van der Waals surface area contributed by atoms with Crippen LogP contribution in [0.3, 0.4) is 0 Å². The Bertz CT molecular complexity index is 91.9. The molecule has 0 aromatic heterocycles. The highest BCUT2D eigenvalue weighted by Crippen LogP contribution is 2.22. The van der Waals surface area contributed by atoms with Crippen molar-refractivity contribution in [2.24, 2.45) is 5.41 Å². The van der Waals surface area contributed by atoms with E-state index in [1.807, 2.05) is 20.8 Å². The number of hydrogen-bond acceptors (Lipinski definition) is 2. The van der Waals surface area contributed by atoms with Gasteiger partial charge in [0.05, 0.1) is 12.2 Å². The van der Waals surface area contributed by atoms with Crippen LogP contribution in [0.5, 0.6) is 0 Å². The van der Waals surface area contributed by atoms with Crippen LogP contribution in [0.1, 0.15) is 34.1 Å². The molecule has 2 N–H and O–H groups in total. The van der Waals surface area contributed by atoms with Gasteiger partial charge in [0.1, 0.15) is 0 Å². The zero-order valence-corrected chi connectivity index (χ0v) is 7.26. The highest BCUT2D eigenvalue weighted by atomic mass is 16.3. The van der Waals surface area contributed by atoms with Gasteiger partial charge in [0.15, 0.2) is 0 Å². The average Bonchev–Trinajstić information content (AvgIpc) is 1.60. The predicted octanol–water partition coefficient (Wildman–Crippen LogP) is 1.16. The molecule has 0 saturated heterocycles. The van der Waals surface area contributed by atoms with Gasteiger partial charge >= 0.3 is 0 Å². The van der Waals surface area contributed by atoms with E-state index in [0.717, 1.165) is 0 Å². The molecule has 0 spiro atoms. The van der Waals surface area contributed by atoms with Crippen LogP contribution in [-0.2, 0) is 0 Å². The molecule has 0 aliphatic carbocycles. The molecule has 0 aliphatic rings. The molecule has 0 radical (unpaired) electrons. The van der Waals surface area contributed by atoms with Crippen molar-refractivity contribution in [1.82, 2.24) is 0 Å². The maximum atomic E-state index is 9.40. The standard InChI is InChI=1S/C8H18O2/c1-6(9)5-7(10)8(2,3)4/h6-7,9-10H,5H2,1-4H3/t6-,7-/m0/s1. The summed E-state index contributed by atoms with van der Waals surface area (Å²) in [4.78, 5) is 0. The molecule has 0 amide bonds. The summed E-state index contributed by atoms with van der Waals surface area (Å²) in [5, 5.41) is 18.3. The third kappa shape index (κ3) is 3.85. The fraction of sp³-hybridized carbons (Fsp3) is 1.00. The zero-order valence-electron chi connectivity index (χ0n) is 7.26. The van der Waals surface area contributed by atoms with E-state index in [2.05, 4.69) is 0 Å². The summed E-state index contributed by atoms with van der Waals surface area (Å²) in [5.74, 6) is 0. The highest BCUT2D eigenvalue weighted by Gasteiger charge is 2.22. The maximum Gasteiger partial charge on any atom is 0.0613 e. The molecule has 0 unspecified atom stereocenters. The Labute approximate surface area is 62.9 Å². The molecular formula is C8H18O2. The summed E-state index contributed by atoms with van der Waals surface area (Å²) in [6, 6.07) is 0. The number of aliphatic hydroxyl groups excluding tert-OH is 2. The Morgan fingerprint density at radius 1 is 1.20 bits per heavy atom. The third-order valence-electron chi connectivity index (χ3n) is 1.56. The minimum atomic E-state index is -0.410. The highest BCUT2D eigenvalue weighted by molar-refractivity contribution is 4.73. The molecule has 0 fully saturated rings. The van der Waals surface area contributed by atoms with Gasteiger partial charge in [-0.25, -0.2) is 0 Å². The van der Waals surface area contributed by atoms with E-state index in [-0.39, 0.29) is 5.41 Å². The summed E-state index contributed by atoms with van der Waals surface area (Å²) in [5.41, 5.74) is -0.114. The van der Waals surface area contributed by atoms with Crippen LogP contribution < -0.4 is 0 Å². The largest absolute Gasteiger partial charge is 0.393 e. The lowest BCUT2D eigenvalue weighted by Crippen LogP contribution is -2.29. The van der Waals surface area contributed by atoms with Crippen LogP contribution in [0.15, 0.2) is 0 Å². The molecule has 0 saturated carbocycles. The first-order chi connectivity index (χ1) is 4.34. The first kappa shape index (κ1) is 9.92. The summed E-state index contributed by atoms with van der Waals surface area (Å²) >= 11 is 0. The smallest absolute Gasteiger partial charge is 0.0613 e. The van der Waals surface area contributed by atoms with Gasteiger partial charge in [-0.15, -0.1) is 0 Å². The lowest BCUT2D eigenvalue weighted by atomic mass is 9.86. The van der Waals surface area contributed by atoms with E-state index in [0.29, 0.717) is 6.42 Å². The Balaban J connectivity index is 3.73. The Morgan fingerprint density at radius 3 is 1.70 bits per heavy atom. The lowest BCUT2D eigenvalue weighted by molar-refractivity contribution is 0.0188. The summed E-state index contributed by atoms with van der Waals surface area (Å²) in [6.45, 7) is 7.56. The van der Waals surface area contributed by atoms with Crippen LogP contribution in [0.25, 0.3) is 0 Å². The van der Waals surface area contributed by atoms with Gasteiger partial charge in [-0.3, -0.25) is 0 Å². The first-order valence-corrected chi connectivity index (χ1v) is 3.70. The zero-order chi connectivity index (χ0) is 8.36. The van der Waals surface area contributed by atoms with Crippen molar-refractivity contribution in [3.63, 3.8) is 0 Å². The second kappa shape index (κ2) is 3.35. The quantitative estimate of drug-likeness (QED) is 0.614. The van der Waals surface area contributed by atoms with E-state index in [4.69, 9.17) is 5.11 Å². The minimum Gasteiger partial charge on any atom is -0.393 e. The number of rotatable bonds is 2. The average molecular weight is 146 g/mol. The van der Waals surface area contributed by atoms with E-state index in [1.54, 1.807) is 6.92 Å². The SMILES string of the molecule is C[C@H](O)C[C@H](O)C(C)(C)C. The molecule has 62 valence electrons. The molecule has 2 nitrogen and oxygen atoms in total. The van der Waals surface area contributed by atoms with Gasteiger partial charge in [-0.1, -0.05) is 20.8 Å². The predicted molar refractivity (Wildman–Crippen MR) is 41.8 cm³/mol. The topological polar surface area (TPSA) is 40.5 Å². The molecule has 0 heterocycles. The van der Waals surface area contributed by atoms with E-state index < -0.39 is 12.2 Å². The monoisotopic (exact) mass is 146 g/mol. The summed E-state index contributed by atoms with van der Waals surface area (Å²) in [6.07, 6.45) is -0.356. The first-order valence-electron chi connectivity index (χ1n) is 3.70. The van der Waals surface area contributed by atoms with Crippen LogP contribution in [0.2, 0.25) is 0 Å². The van der Waals surface area contributed by atoms with Gasteiger partial charge in [0.2, 0.25) is 0 Å². The Hall–Kier alpha value is -0.0800. The van der Waals surface area contributed by atoms with E-state index in [9.17, 15) is 5.11 Å². The molecular weight excluding hydrogens is 128 g/mol. The van der Waals surface area contributed by atoms with Crippen molar-refractivity contribution in [2.45, 2.75) is 46.3 Å². The molecule has 2 atom stereocenters. The summed E-state index contributed by atoms with van der Waals surface area (Å²) in [7, 11) is 0. The second-order valence-corrected chi connectivity index (χ2v) is 3.97. The van der Waals surface area contributed by atoms with Crippen LogP contribution in [-0.4, -0.2) is 22.4 Å². The van der Waals surface area contributed by atoms with Crippen LogP contribution in [0.4, 0.5) is 0 Å². The van der Waals surface area contributed by atoms with Crippen molar-refractivity contribution >= 4 is 0 Å². The lowest BCUT2D eigenvalue weighted by Gasteiger charge is -2.26. The molecule has 0 aliphatic heterocycles. The van der Waals surface area contributed by atoms with E-state index >= 15 is 0 Å². The number of aliphatic hydroxyl groups is 2. The van der Waals surface area contributed by atoms with Crippen molar-refractivity contribution in [3.8, 4) is 0 Å². The van der Waals surface area contributed by atoms with E-state index in [1.165, 1.54) is 0 Å². The van der Waals surface area contributed by atoms with Crippen molar-refractivity contribution in [2.75, 3.05) is 0 Å². The molecule has 0 rings (SSSR count). The van der Waals surface area contributed by atoms with Gasteiger partial charge < -0.3 is 10.2 Å². The molecule has 0 bridgehead atoms. The van der Waals surface area contributed by atoms with Gasteiger partial charge in [0.25, 0.3) is 0 Å². The fourth-order valence-corrected chi connectivity index (χ4v) is 0.677. The molecule has 0 aromatic carbocycles. The molecule has 10 heavy (non-hydrogen) atoms. The number of hydrogen-bond donors (Lipinski definition) is 2.